The fourth-order valence-electron chi connectivity index (χ4n) is 1.93. The molecular weight excluding hydrogens is 254 g/mol. The van der Waals surface area contributed by atoms with E-state index in [2.05, 4.69) is 6.92 Å². The Morgan fingerprint density at radius 1 is 1.25 bits per heavy atom. The molecule has 0 aliphatic rings. The predicted octanol–water partition coefficient (Wildman–Crippen LogP) is 3.03. The van der Waals surface area contributed by atoms with Crippen molar-refractivity contribution in [1.82, 2.24) is 4.90 Å². The Balaban J connectivity index is 2.59. The Bertz CT molecular complexity index is 432. The van der Waals surface area contributed by atoms with E-state index in [9.17, 15) is 4.79 Å². The van der Waals surface area contributed by atoms with Gasteiger partial charge in [-0.3, -0.25) is 4.79 Å². The minimum absolute atomic E-state index is 0.0172. The highest BCUT2D eigenvalue weighted by Gasteiger charge is 2.13. The topological polar surface area (TPSA) is 38.8 Å². The summed E-state index contributed by atoms with van der Waals surface area (Å²) in [5.41, 5.74) is 1.10. The third-order valence-corrected chi connectivity index (χ3v) is 3.19. The number of benzene rings is 1. The molecule has 4 nitrogen and oxygen atoms in total. The van der Waals surface area contributed by atoms with Gasteiger partial charge in [0.2, 0.25) is 0 Å². The molecule has 0 saturated heterocycles. The molecule has 0 bridgehead atoms. The third-order valence-electron chi connectivity index (χ3n) is 3.19. The number of nitrogens with zero attached hydrogens (tertiary/aromatic N) is 1. The maximum absolute atomic E-state index is 12.1. The Labute approximate surface area is 121 Å². The second-order valence-corrected chi connectivity index (χ2v) is 4.77. The van der Waals surface area contributed by atoms with Crippen molar-refractivity contribution in [3.63, 3.8) is 0 Å². The molecule has 1 aromatic rings. The first-order valence-corrected chi connectivity index (χ1v) is 7.17. The lowest BCUT2D eigenvalue weighted by molar-refractivity contribution is -0.133. The SMILES string of the molecule is CCCCN(CC)C(=O)COc1ccc(C)cc1OC. The van der Waals surface area contributed by atoms with E-state index < -0.39 is 0 Å². The molecule has 0 unspecified atom stereocenters. The number of likely N-dealkylation sites (N-methyl/N-ethyl adjacent to an activating group) is 1. The first kappa shape index (κ1) is 16.3. The van der Waals surface area contributed by atoms with Crippen LogP contribution in [0.2, 0.25) is 0 Å². The Morgan fingerprint density at radius 2 is 2.00 bits per heavy atom. The van der Waals surface area contributed by atoms with E-state index in [0.29, 0.717) is 18.0 Å². The number of aryl methyl sites for hydroxylation is 1. The van der Waals surface area contributed by atoms with E-state index in [4.69, 9.17) is 9.47 Å². The number of amides is 1. The number of hydrogen-bond acceptors (Lipinski definition) is 3. The summed E-state index contributed by atoms with van der Waals surface area (Å²) in [5.74, 6) is 1.29. The van der Waals surface area contributed by atoms with Crippen molar-refractivity contribution in [2.45, 2.75) is 33.6 Å². The Hall–Kier alpha value is -1.71. The van der Waals surface area contributed by atoms with Gasteiger partial charge in [0, 0.05) is 13.1 Å². The monoisotopic (exact) mass is 279 g/mol. The van der Waals surface area contributed by atoms with Gasteiger partial charge in [-0.15, -0.1) is 0 Å². The molecule has 20 heavy (non-hydrogen) atoms. The van der Waals surface area contributed by atoms with Crippen molar-refractivity contribution in [3.05, 3.63) is 23.8 Å². The smallest absolute Gasteiger partial charge is 0.260 e. The van der Waals surface area contributed by atoms with Crippen LogP contribution in [0.4, 0.5) is 0 Å². The zero-order valence-corrected chi connectivity index (χ0v) is 12.9. The average molecular weight is 279 g/mol. The maximum atomic E-state index is 12.1. The normalized spacial score (nSPS) is 10.2. The Kier molecular flexibility index (Phi) is 6.91. The van der Waals surface area contributed by atoms with Gasteiger partial charge in [0.05, 0.1) is 7.11 Å². The lowest BCUT2D eigenvalue weighted by Gasteiger charge is -2.21. The summed E-state index contributed by atoms with van der Waals surface area (Å²) in [6, 6.07) is 5.68. The first-order valence-electron chi connectivity index (χ1n) is 7.17. The molecule has 0 spiro atoms. The van der Waals surface area contributed by atoms with Gasteiger partial charge in [0.15, 0.2) is 18.1 Å². The summed E-state index contributed by atoms with van der Waals surface area (Å²) in [4.78, 5) is 13.9. The molecule has 0 radical (unpaired) electrons. The number of methoxy groups -OCH3 is 1. The van der Waals surface area contributed by atoms with Crippen LogP contribution >= 0.6 is 0 Å². The standard InChI is InChI=1S/C16H25NO3/c1-5-7-10-17(6-2)16(18)12-20-14-9-8-13(3)11-15(14)19-4/h8-9,11H,5-7,10,12H2,1-4H3. The highest BCUT2D eigenvalue weighted by atomic mass is 16.5. The Morgan fingerprint density at radius 3 is 2.60 bits per heavy atom. The second kappa shape index (κ2) is 8.46. The minimum atomic E-state index is 0.0172. The van der Waals surface area contributed by atoms with Crippen LogP contribution < -0.4 is 9.47 Å². The van der Waals surface area contributed by atoms with Crippen molar-refractivity contribution in [1.29, 1.82) is 0 Å². The van der Waals surface area contributed by atoms with Gasteiger partial charge in [0.25, 0.3) is 5.91 Å². The highest BCUT2D eigenvalue weighted by molar-refractivity contribution is 5.77. The zero-order chi connectivity index (χ0) is 15.0. The molecule has 0 aliphatic carbocycles. The molecule has 0 aromatic heterocycles. The molecule has 0 atom stereocenters. The van der Waals surface area contributed by atoms with Crippen molar-refractivity contribution in [2.24, 2.45) is 0 Å². The molecule has 0 saturated carbocycles. The highest BCUT2D eigenvalue weighted by Crippen LogP contribution is 2.27. The molecule has 0 heterocycles. The second-order valence-electron chi connectivity index (χ2n) is 4.77. The quantitative estimate of drug-likeness (QED) is 0.734. The van der Waals surface area contributed by atoms with Gasteiger partial charge >= 0.3 is 0 Å². The van der Waals surface area contributed by atoms with Crippen molar-refractivity contribution >= 4 is 5.91 Å². The van der Waals surface area contributed by atoms with E-state index >= 15 is 0 Å². The average Bonchev–Trinajstić information content (AvgIpc) is 2.46. The van der Waals surface area contributed by atoms with Crippen LogP contribution in [0.3, 0.4) is 0 Å². The number of carbonyl (C=O) groups excluding carboxylic acids is 1. The molecule has 112 valence electrons. The molecule has 1 rings (SSSR count). The number of unbranched alkanes of at least 4 members (excludes halogenated alkanes) is 1. The lowest BCUT2D eigenvalue weighted by atomic mass is 10.2. The minimum Gasteiger partial charge on any atom is -0.493 e. The summed E-state index contributed by atoms with van der Waals surface area (Å²) < 4.78 is 10.9. The number of carbonyl (C=O) groups is 1. The summed E-state index contributed by atoms with van der Waals surface area (Å²) in [7, 11) is 1.60. The number of ether oxygens (including phenoxy) is 2. The van der Waals surface area contributed by atoms with Crippen LogP contribution in [0.1, 0.15) is 32.3 Å². The number of hydrogen-bond donors (Lipinski definition) is 0. The van der Waals surface area contributed by atoms with Gasteiger partial charge in [-0.05, 0) is 38.0 Å². The first-order chi connectivity index (χ1) is 9.62. The van der Waals surface area contributed by atoms with Crippen molar-refractivity contribution < 1.29 is 14.3 Å². The van der Waals surface area contributed by atoms with E-state index in [-0.39, 0.29) is 12.5 Å². The largest absolute Gasteiger partial charge is 0.493 e. The van der Waals surface area contributed by atoms with Crippen LogP contribution in [0, 0.1) is 6.92 Å². The fraction of sp³-hybridized carbons (Fsp3) is 0.562. The van der Waals surface area contributed by atoms with Crippen LogP contribution in [-0.2, 0) is 4.79 Å². The molecular formula is C16H25NO3. The third kappa shape index (κ3) is 4.76. The molecule has 1 aromatic carbocycles. The summed E-state index contributed by atoms with van der Waals surface area (Å²) >= 11 is 0. The van der Waals surface area contributed by atoms with Gasteiger partial charge in [0.1, 0.15) is 0 Å². The molecule has 0 fully saturated rings. The van der Waals surface area contributed by atoms with Crippen LogP contribution in [0.25, 0.3) is 0 Å². The van der Waals surface area contributed by atoms with E-state index in [1.165, 1.54) is 0 Å². The zero-order valence-electron chi connectivity index (χ0n) is 12.9. The number of rotatable bonds is 8. The maximum Gasteiger partial charge on any atom is 0.260 e. The van der Waals surface area contributed by atoms with E-state index in [0.717, 1.165) is 24.9 Å². The van der Waals surface area contributed by atoms with Crippen molar-refractivity contribution in [2.75, 3.05) is 26.8 Å². The van der Waals surface area contributed by atoms with Crippen molar-refractivity contribution in [3.8, 4) is 11.5 Å². The van der Waals surface area contributed by atoms with Crippen LogP contribution in [0.5, 0.6) is 11.5 Å². The summed E-state index contributed by atoms with van der Waals surface area (Å²) in [5, 5.41) is 0. The van der Waals surface area contributed by atoms with Gasteiger partial charge in [-0.2, -0.15) is 0 Å². The summed E-state index contributed by atoms with van der Waals surface area (Å²) in [6.07, 6.45) is 2.10. The molecule has 4 heteroatoms. The van der Waals surface area contributed by atoms with Gasteiger partial charge in [-0.1, -0.05) is 19.4 Å². The summed E-state index contributed by atoms with van der Waals surface area (Å²) in [6.45, 7) is 7.65. The predicted molar refractivity (Wildman–Crippen MR) is 80.4 cm³/mol. The van der Waals surface area contributed by atoms with Crippen LogP contribution in [0.15, 0.2) is 18.2 Å². The fourth-order valence-corrected chi connectivity index (χ4v) is 1.93. The van der Waals surface area contributed by atoms with E-state index in [1.54, 1.807) is 7.11 Å². The lowest BCUT2D eigenvalue weighted by Crippen LogP contribution is -2.35. The molecule has 0 N–H and O–H groups in total. The van der Waals surface area contributed by atoms with Crippen LogP contribution in [-0.4, -0.2) is 37.6 Å². The molecule has 0 aliphatic heterocycles. The van der Waals surface area contributed by atoms with Gasteiger partial charge in [-0.25, -0.2) is 0 Å². The van der Waals surface area contributed by atoms with E-state index in [1.807, 2.05) is 36.9 Å². The molecule has 1 amide bonds. The van der Waals surface area contributed by atoms with Gasteiger partial charge < -0.3 is 14.4 Å².